The van der Waals surface area contributed by atoms with Gasteiger partial charge in [0.1, 0.15) is 0 Å². The number of carbonyl (C=O) groups excluding carboxylic acids is 1. The summed E-state index contributed by atoms with van der Waals surface area (Å²) in [5.74, 6) is -0.112. The molecule has 1 aliphatic heterocycles. The molecule has 2 rings (SSSR count). The van der Waals surface area contributed by atoms with E-state index >= 15 is 0 Å². The third-order valence-corrected chi connectivity index (χ3v) is 3.62. The number of amides is 1. The van der Waals surface area contributed by atoms with Crippen LogP contribution in [0.2, 0.25) is 0 Å². The van der Waals surface area contributed by atoms with Crippen molar-refractivity contribution >= 4 is 5.91 Å². The highest BCUT2D eigenvalue weighted by molar-refractivity contribution is 5.81. The van der Waals surface area contributed by atoms with Crippen LogP contribution in [0.25, 0.3) is 0 Å². The molecule has 1 saturated heterocycles. The first-order valence-corrected chi connectivity index (χ1v) is 6.92. The summed E-state index contributed by atoms with van der Waals surface area (Å²) in [5.41, 5.74) is 0.759. The highest BCUT2D eigenvalue weighted by Gasteiger charge is 2.23. The summed E-state index contributed by atoms with van der Waals surface area (Å²) in [6.07, 6.45) is 3.08. The van der Waals surface area contributed by atoms with E-state index in [-0.39, 0.29) is 17.7 Å². The molecule has 0 aromatic heterocycles. The summed E-state index contributed by atoms with van der Waals surface area (Å²) in [7, 11) is 3.18. The third-order valence-electron chi connectivity index (χ3n) is 3.62. The maximum absolute atomic E-state index is 13.6. The lowest BCUT2D eigenvalue weighted by molar-refractivity contribution is -0.133. The zero-order valence-electron chi connectivity index (χ0n) is 12.0. The number of nitrogens with one attached hydrogen (secondary N) is 1. The Kier molecular flexibility index (Phi) is 4.95. The number of piperidine rings is 1. The molecule has 1 fully saturated rings. The van der Waals surface area contributed by atoms with Crippen LogP contribution >= 0.6 is 0 Å². The standard InChI is InChI=1S/C15H21FN2O2/c1-18(15(19)13-5-3-4-8-17-13)10-11-6-7-14(20-2)12(16)9-11/h6-7,9,13,17H,3-5,8,10H2,1-2H3/t13-/m0/s1. The molecule has 1 aliphatic rings. The van der Waals surface area contributed by atoms with E-state index in [4.69, 9.17) is 4.74 Å². The zero-order valence-corrected chi connectivity index (χ0v) is 12.0. The SMILES string of the molecule is COc1ccc(CN(C)C(=O)[C@@H]2CCCCN2)cc1F. The van der Waals surface area contributed by atoms with Crippen LogP contribution in [0.4, 0.5) is 4.39 Å². The molecule has 1 atom stereocenters. The van der Waals surface area contributed by atoms with Crippen molar-refractivity contribution in [2.75, 3.05) is 20.7 Å². The molecular formula is C15H21FN2O2. The van der Waals surface area contributed by atoms with Crippen molar-refractivity contribution < 1.29 is 13.9 Å². The summed E-state index contributed by atoms with van der Waals surface area (Å²) in [6.45, 7) is 1.29. The number of nitrogens with zero attached hydrogens (tertiary/aromatic N) is 1. The number of carbonyl (C=O) groups is 1. The molecule has 4 nitrogen and oxygen atoms in total. The van der Waals surface area contributed by atoms with E-state index in [0.717, 1.165) is 31.4 Å². The lowest BCUT2D eigenvalue weighted by Gasteiger charge is -2.27. The molecule has 5 heteroatoms. The highest BCUT2D eigenvalue weighted by Crippen LogP contribution is 2.19. The van der Waals surface area contributed by atoms with Gasteiger partial charge in [0.2, 0.25) is 5.91 Å². The van der Waals surface area contributed by atoms with Crippen molar-refractivity contribution in [1.29, 1.82) is 0 Å². The third kappa shape index (κ3) is 3.48. The Labute approximate surface area is 118 Å². The molecule has 1 N–H and O–H groups in total. The molecule has 0 spiro atoms. The fraction of sp³-hybridized carbons (Fsp3) is 0.533. The lowest BCUT2D eigenvalue weighted by atomic mass is 10.0. The van der Waals surface area contributed by atoms with Crippen LogP contribution in [0.3, 0.4) is 0 Å². The molecular weight excluding hydrogens is 259 g/mol. The maximum Gasteiger partial charge on any atom is 0.239 e. The minimum absolute atomic E-state index is 0.0703. The van der Waals surface area contributed by atoms with Gasteiger partial charge in [0, 0.05) is 13.6 Å². The fourth-order valence-electron chi connectivity index (χ4n) is 2.49. The molecule has 0 saturated carbocycles. The monoisotopic (exact) mass is 280 g/mol. The van der Waals surface area contributed by atoms with Gasteiger partial charge in [0.05, 0.1) is 13.2 Å². The minimum atomic E-state index is -0.401. The van der Waals surface area contributed by atoms with Crippen LogP contribution in [0, 0.1) is 5.82 Å². The second-order valence-electron chi connectivity index (χ2n) is 5.17. The van der Waals surface area contributed by atoms with Crippen molar-refractivity contribution in [3.8, 4) is 5.75 Å². The van der Waals surface area contributed by atoms with E-state index in [1.165, 1.54) is 13.2 Å². The Balaban J connectivity index is 1.98. The molecule has 1 aromatic carbocycles. The number of halogens is 1. The first-order valence-electron chi connectivity index (χ1n) is 6.92. The van der Waals surface area contributed by atoms with Gasteiger partial charge in [-0.3, -0.25) is 4.79 Å². The number of ether oxygens (including phenoxy) is 1. The molecule has 0 unspecified atom stereocenters. The van der Waals surface area contributed by atoms with Gasteiger partial charge in [-0.15, -0.1) is 0 Å². The summed E-state index contributed by atoms with van der Waals surface area (Å²) in [6, 6.07) is 4.68. The number of rotatable bonds is 4. The van der Waals surface area contributed by atoms with Gasteiger partial charge in [-0.1, -0.05) is 12.5 Å². The van der Waals surface area contributed by atoms with E-state index in [2.05, 4.69) is 5.32 Å². The second kappa shape index (κ2) is 6.70. The molecule has 1 heterocycles. The molecule has 1 aromatic rings. The number of benzene rings is 1. The van der Waals surface area contributed by atoms with Crippen LogP contribution in [-0.4, -0.2) is 37.6 Å². The van der Waals surface area contributed by atoms with Gasteiger partial charge in [-0.25, -0.2) is 4.39 Å². The number of hydrogen-bond donors (Lipinski definition) is 1. The van der Waals surface area contributed by atoms with Gasteiger partial charge in [-0.05, 0) is 37.1 Å². The van der Waals surface area contributed by atoms with Gasteiger partial charge in [0.25, 0.3) is 0 Å². The second-order valence-corrected chi connectivity index (χ2v) is 5.17. The van der Waals surface area contributed by atoms with Gasteiger partial charge in [0.15, 0.2) is 11.6 Å². The smallest absolute Gasteiger partial charge is 0.239 e. The van der Waals surface area contributed by atoms with Crippen LogP contribution in [0.1, 0.15) is 24.8 Å². The van der Waals surface area contributed by atoms with Crippen molar-refractivity contribution in [1.82, 2.24) is 10.2 Å². The summed E-state index contributed by atoms with van der Waals surface area (Å²) < 4.78 is 18.5. The summed E-state index contributed by atoms with van der Waals surface area (Å²) in [5, 5.41) is 3.23. The molecule has 0 radical (unpaired) electrons. The van der Waals surface area contributed by atoms with Gasteiger partial charge in [-0.2, -0.15) is 0 Å². The highest BCUT2D eigenvalue weighted by atomic mass is 19.1. The predicted octanol–water partition coefficient (Wildman–Crippen LogP) is 1.93. The van der Waals surface area contributed by atoms with Crippen molar-refractivity contribution in [2.45, 2.75) is 31.8 Å². The van der Waals surface area contributed by atoms with Crippen LogP contribution < -0.4 is 10.1 Å². The zero-order chi connectivity index (χ0) is 14.5. The minimum Gasteiger partial charge on any atom is -0.494 e. The molecule has 20 heavy (non-hydrogen) atoms. The van der Waals surface area contributed by atoms with Crippen molar-refractivity contribution in [3.63, 3.8) is 0 Å². The average Bonchev–Trinajstić information content (AvgIpc) is 2.47. The first kappa shape index (κ1) is 14.8. The predicted molar refractivity (Wildman–Crippen MR) is 75.1 cm³/mol. The average molecular weight is 280 g/mol. The van der Waals surface area contributed by atoms with Gasteiger partial charge < -0.3 is 15.0 Å². The lowest BCUT2D eigenvalue weighted by Crippen LogP contribution is -2.46. The molecule has 0 bridgehead atoms. The summed E-state index contributed by atoms with van der Waals surface area (Å²) in [4.78, 5) is 13.9. The van der Waals surface area contributed by atoms with E-state index in [1.807, 2.05) is 0 Å². The largest absolute Gasteiger partial charge is 0.494 e. The number of hydrogen-bond acceptors (Lipinski definition) is 3. The molecule has 1 amide bonds. The normalized spacial score (nSPS) is 18.6. The van der Waals surface area contributed by atoms with Crippen molar-refractivity contribution in [3.05, 3.63) is 29.6 Å². The Bertz CT molecular complexity index is 473. The Hall–Kier alpha value is -1.62. The quantitative estimate of drug-likeness (QED) is 0.916. The molecule has 0 aliphatic carbocycles. The summed E-state index contributed by atoms with van der Waals surface area (Å²) >= 11 is 0. The Morgan fingerprint density at radius 3 is 2.90 bits per heavy atom. The topological polar surface area (TPSA) is 41.6 Å². The first-order chi connectivity index (χ1) is 9.61. The van der Waals surface area contributed by atoms with Gasteiger partial charge >= 0.3 is 0 Å². The Morgan fingerprint density at radius 2 is 2.30 bits per heavy atom. The number of likely N-dealkylation sites (N-methyl/N-ethyl adjacent to an activating group) is 1. The Morgan fingerprint density at radius 1 is 1.50 bits per heavy atom. The molecule has 110 valence electrons. The fourth-order valence-corrected chi connectivity index (χ4v) is 2.49. The van der Waals surface area contributed by atoms with Crippen LogP contribution in [0.15, 0.2) is 18.2 Å². The van der Waals surface area contributed by atoms with E-state index in [9.17, 15) is 9.18 Å². The van der Waals surface area contributed by atoms with Crippen molar-refractivity contribution in [2.24, 2.45) is 0 Å². The van der Waals surface area contributed by atoms with E-state index < -0.39 is 5.82 Å². The number of methoxy groups -OCH3 is 1. The maximum atomic E-state index is 13.6. The van der Waals surface area contributed by atoms with Crippen LogP contribution in [0.5, 0.6) is 5.75 Å². The van der Waals surface area contributed by atoms with E-state index in [1.54, 1.807) is 24.1 Å². The van der Waals surface area contributed by atoms with Crippen LogP contribution in [-0.2, 0) is 11.3 Å². The van der Waals surface area contributed by atoms with E-state index in [0.29, 0.717) is 6.54 Å².